The second kappa shape index (κ2) is 9.54. The summed E-state index contributed by atoms with van der Waals surface area (Å²) in [5.41, 5.74) is 1.68. The molecule has 1 aliphatic heterocycles. The molecule has 1 amide bonds. The molecule has 3 heterocycles. The Kier molecular flexibility index (Phi) is 6.34. The van der Waals surface area contributed by atoms with Crippen LogP contribution in [0.25, 0.3) is 9.53 Å². The van der Waals surface area contributed by atoms with Crippen molar-refractivity contribution >= 4 is 48.9 Å². The summed E-state index contributed by atoms with van der Waals surface area (Å²) >= 11 is 2.90. The van der Waals surface area contributed by atoms with E-state index in [0.29, 0.717) is 16.6 Å². The highest BCUT2D eigenvalue weighted by atomic mass is 32.1. The number of aromatic nitrogens is 1. The first kappa shape index (κ1) is 21.9. The first-order valence-corrected chi connectivity index (χ1v) is 12.4. The first-order chi connectivity index (χ1) is 16.0. The van der Waals surface area contributed by atoms with Gasteiger partial charge in [-0.05, 0) is 60.9 Å². The Morgan fingerprint density at radius 2 is 1.67 bits per heavy atom. The zero-order valence-electron chi connectivity index (χ0n) is 17.7. The highest BCUT2D eigenvalue weighted by Gasteiger charge is 2.21. The lowest BCUT2D eigenvalue weighted by atomic mass is 10.0. The van der Waals surface area contributed by atoms with Crippen LogP contribution in [0.2, 0.25) is 0 Å². The number of carbonyl (C=O) groups is 1. The highest BCUT2D eigenvalue weighted by molar-refractivity contribution is 7.29. The number of nitrogens with one attached hydrogen (secondary N) is 2. The number of nitrogens with zero attached hydrogens (tertiary/aromatic N) is 2. The maximum Gasteiger partial charge on any atom is 0.265 e. The van der Waals surface area contributed by atoms with Crippen LogP contribution in [0, 0.1) is 11.6 Å². The molecule has 0 saturated carbocycles. The van der Waals surface area contributed by atoms with E-state index in [4.69, 9.17) is 0 Å². The maximum atomic E-state index is 13.1. The van der Waals surface area contributed by atoms with E-state index in [1.165, 1.54) is 47.7 Å². The molecule has 2 aromatic heterocycles. The molecule has 0 unspecified atom stereocenters. The number of fused-ring (bicyclic) bond motifs is 1. The van der Waals surface area contributed by atoms with E-state index in [0.717, 1.165) is 52.7 Å². The minimum atomic E-state index is -0.340. The van der Waals surface area contributed by atoms with Crippen molar-refractivity contribution in [3.63, 3.8) is 0 Å². The van der Waals surface area contributed by atoms with Crippen molar-refractivity contribution in [2.24, 2.45) is 0 Å². The van der Waals surface area contributed by atoms with Crippen molar-refractivity contribution in [2.45, 2.75) is 25.4 Å². The van der Waals surface area contributed by atoms with Gasteiger partial charge in [-0.1, -0.05) is 23.5 Å². The highest BCUT2D eigenvalue weighted by Crippen LogP contribution is 2.34. The van der Waals surface area contributed by atoms with Gasteiger partial charge in [-0.3, -0.25) is 9.69 Å². The largest absolute Gasteiger partial charge is 0.359 e. The SMILES string of the molecule is O=C(Nc1ccc(F)cc1)c1cc2sc(NC3CCN(Cc4ccc(F)cc4)CC3)nc2s1. The lowest BCUT2D eigenvalue weighted by Gasteiger charge is -2.32. The molecule has 2 N–H and O–H groups in total. The first-order valence-electron chi connectivity index (χ1n) is 10.7. The topological polar surface area (TPSA) is 57.3 Å². The van der Waals surface area contributed by atoms with Gasteiger partial charge in [0, 0.05) is 31.4 Å². The van der Waals surface area contributed by atoms with E-state index in [1.54, 1.807) is 11.3 Å². The van der Waals surface area contributed by atoms with Gasteiger partial charge in [-0.15, -0.1) is 11.3 Å². The predicted octanol–water partition coefficient (Wildman–Crippen LogP) is 5.96. The number of anilines is 2. The summed E-state index contributed by atoms with van der Waals surface area (Å²) in [6, 6.07) is 14.6. The van der Waals surface area contributed by atoms with E-state index >= 15 is 0 Å². The number of thiophene rings is 1. The summed E-state index contributed by atoms with van der Waals surface area (Å²) in [6.07, 6.45) is 2.03. The lowest BCUT2D eigenvalue weighted by molar-refractivity contribution is 0.103. The van der Waals surface area contributed by atoms with Crippen molar-refractivity contribution in [3.8, 4) is 0 Å². The third-order valence-electron chi connectivity index (χ3n) is 5.65. The van der Waals surface area contributed by atoms with E-state index in [-0.39, 0.29) is 17.5 Å². The molecule has 170 valence electrons. The fraction of sp³-hybridized carbons (Fsp3) is 0.250. The Morgan fingerprint density at radius 1 is 1.00 bits per heavy atom. The zero-order chi connectivity index (χ0) is 22.8. The standard InChI is InChI=1S/C24H22F2N4OS2/c25-16-3-1-15(2-4-16)14-30-11-9-19(10-12-30)28-24-29-23-21(33-24)13-20(32-23)22(31)27-18-7-5-17(26)6-8-18/h1-8,13,19H,9-12,14H2,(H,27,31)(H,28,29). The quantitative estimate of drug-likeness (QED) is 0.354. The van der Waals surface area contributed by atoms with E-state index < -0.39 is 0 Å². The van der Waals surface area contributed by atoms with E-state index in [9.17, 15) is 13.6 Å². The number of hydrogen-bond acceptors (Lipinski definition) is 6. The molecule has 33 heavy (non-hydrogen) atoms. The van der Waals surface area contributed by atoms with Gasteiger partial charge < -0.3 is 10.6 Å². The molecule has 0 spiro atoms. The molecular formula is C24H22F2N4OS2. The number of halogens is 2. The number of piperidine rings is 1. The summed E-state index contributed by atoms with van der Waals surface area (Å²) in [4.78, 5) is 21.0. The summed E-state index contributed by atoms with van der Waals surface area (Å²) in [5.74, 6) is -0.766. The van der Waals surface area contributed by atoms with Crippen LogP contribution >= 0.6 is 22.7 Å². The lowest BCUT2D eigenvalue weighted by Crippen LogP contribution is -2.38. The minimum Gasteiger partial charge on any atom is -0.359 e. The molecule has 0 radical (unpaired) electrons. The van der Waals surface area contributed by atoms with Crippen LogP contribution in [0.4, 0.5) is 19.6 Å². The summed E-state index contributed by atoms with van der Waals surface area (Å²) in [7, 11) is 0. The van der Waals surface area contributed by atoms with Gasteiger partial charge in [-0.2, -0.15) is 0 Å². The van der Waals surface area contributed by atoms with E-state index in [1.807, 2.05) is 18.2 Å². The number of amides is 1. The van der Waals surface area contributed by atoms with Gasteiger partial charge >= 0.3 is 0 Å². The summed E-state index contributed by atoms with van der Waals surface area (Å²) in [6.45, 7) is 2.79. The smallest absolute Gasteiger partial charge is 0.265 e. The van der Waals surface area contributed by atoms with Crippen molar-refractivity contribution in [1.82, 2.24) is 9.88 Å². The number of hydrogen-bond donors (Lipinski definition) is 2. The van der Waals surface area contributed by atoms with Gasteiger partial charge in [0.05, 0.1) is 9.58 Å². The molecule has 1 aliphatic rings. The Hall–Kier alpha value is -2.88. The molecule has 5 nitrogen and oxygen atoms in total. The van der Waals surface area contributed by atoms with Gasteiger partial charge in [-0.25, -0.2) is 13.8 Å². The van der Waals surface area contributed by atoms with Crippen molar-refractivity contribution in [1.29, 1.82) is 0 Å². The van der Waals surface area contributed by atoms with Crippen LogP contribution in [-0.4, -0.2) is 34.9 Å². The minimum absolute atomic E-state index is 0.203. The Labute approximate surface area is 198 Å². The summed E-state index contributed by atoms with van der Waals surface area (Å²) < 4.78 is 27.1. The molecule has 0 aliphatic carbocycles. The Morgan fingerprint density at radius 3 is 2.33 bits per heavy atom. The fourth-order valence-corrected chi connectivity index (χ4v) is 5.98. The average Bonchev–Trinajstić information content (AvgIpc) is 3.37. The van der Waals surface area contributed by atoms with Crippen LogP contribution in [0.5, 0.6) is 0 Å². The molecule has 0 atom stereocenters. The average molecular weight is 485 g/mol. The fourth-order valence-electron chi connectivity index (χ4n) is 3.89. The number of carbonyl (C=O) groups excluding carboxylic acids is 1. The Balaban J connectivity index is 1.14. The Bertz CT molecular complexity index is 1210. The number of thiazole rings is 1. The van der Waals surface area contributed by atoms with Gasteiger partial charge in [0.2, 0.25) is 0 Å². The molecule has 1 saturated heterocycles. The van der Waals surface area contributed by atoms with Crippen LogP contribution in [-0.2, 0) is 6.54 Å². The molecule has 9 heteroatoms. The normalized spacial score (nSPS) is 15.1. The second-order valence-electron chi connectivity index (χ2n) is 8.08. The number of likely N-dealkylation sites (tertiary alicyclic amines) is 1. The zero-order valence-corrected chi connectivity index (χ0v) is 19.3. The number of benzene rings is 2. The van der Waals surface area contributed by atoms with Gasteiger partial charge in [0.1, 0.15) is 16.5 Å². The van der Waals surface area contributed by atoms with Crippen LogP contribution in [0.3, 0.4) is 0 Å². The van der Waals surface area contributed by atoms with Crippen LogP contribution < -0.4 is 10.6 Å². The summed E-state index contributed by atoms with van der Waals surface area (Å²) in [5, 5.41) is 7.20. The molecule has 0 bridgehead atoms. The molecule has 1 fully saturated rings. The molecular weight excluding hydrogens is 462 g/mol. The van der Waals surface area contributed by atoms with Gasteiger partial charge in [0.25, 0.3) is 5.91 Å². The van der Waals surface area contributed by atoms with Crippen molar-refractivity contribution in [2.75, 3.05) is 23.7 Å². The third-order valence-corrected chi connectivity index (χ3v) is 7.74. The molecule has 2 aromatic carbocycles. The monoisotopic (exact) mass is 484 g/mol. The van der Waals surface area contributed by atoms with Crippen molar-refractivity contribution < 1.29 is 13.6 Å². The predicted molar refractivity (Wildman–Crippen MR) is 130 cm³/mol. The third kappa shape index (κ3) is 5.38. The van der Waals surface area contributed by atoms with Crippen LogP contribution in [0.1, 0.15) is 28.1 Å². The molecule has 4 aromatic rings. The van der Waals surface area contributed by atoms with E-state index in [2.05, 4.69) is 20.5 Å². The maximum absolute atomic E-state index is 13.1. The van der Waals surface area contributed by atoms with Gasteiger partial charge in [0.15, 0.2) is 5.13 Å². The van der Waals surface area contributed by atoms with Crippen LogP contribution in [0.15, 0.2) is 54.6 Å². The number of rotatable bonds is 6. The second-order valence-corrected chi connectivity index (χ2v) is 10.1. The molecule has 5 rings (SSSR count). The van der Waals surface area contributed by atoms with Crippen molar-refractivity contribution in [3.05, 3.63) is 76.7 Å².